The summed E-state index contributed by atoms with van der Waals surface area (Å²) in [6, 6.07) is 9.87. The third kappa shape index (κ3) is 3.70. The van der Waals surface area contributed by atoms with E-state index in [2.05, 4.69) is 15.8 Å². The topological polar surface area (TPSA) is 85.2 Å². The zero-order chi connectivity index (χ0) is 19.6. The number of benzene rings is 2. The lowest BCUT2D eigenvalue weighted by molar-refractivity contribution is 0.0962. The summed E-state index contributed by atoms with van der Waals surface area (Å²) >= 11 is 12.1. The number of para-hydroxylation sites is 1. The number of aromatic nitrogens is 2. The van der Waals surface area contributed by atoms with Gasteiger partial charge in [0.15, 0.2) is 5.75 Å². The van der Waals surface area contributed by atoms with E-state index >= 15 is 0 Å². The molecule has 0 saturated heterocycles. The van der Waals surface area contributed by atoms with Crippen molar-refractivity contribution in [3.63, 3.8) is 0 Å². The Hall–Kier alpha value is -2.77. The van der Waals surface area contributed by atoms with Crippen LogP contribution in [0.5, 0.6) is 5.75 Å². The van der Waals surface area contributed by atoms with Crippen LogP contribution >= 0.6 is 23.2 Å². The van der Waals surface area contributed by atoms with Gasteiger partial charge in [0.25, 0.3) is 11.5 Å². The number of hydrogen-bond donors (Lipinski definition) is 2. The zero-order valence-corrected chi connectivity index (χ0v) is 16.1. The molecule has 0 unspecified atom stereocenters. The second-order valence-electron chi connectivity index (χ2n) is 5.55. The number of fused-ring (bicyclic) bond motifs is 1. The van der Waals surface area contributed by atoms with Crippen LogP contribution in [0.1, 0.15) is 17.3 Å². The molecule has 0 atom stereocenters. The van der Waals surface area contributed by atoms with Crippen LogP contribution in [-0.2, 0) is 6.54 Å². The second-order valence-corrected chi connectivity index (χ2v) is 6.37. The summed E-state index contributed by atoms with van der Waals surface area (Å²) in [7, 11) is 1.43. The van der Waals surface area contributed by atoms with Crippen LogP contribution in [0.25, 0.3) is 10.9 Å². The van der Waals surface area contributed by atoms with Gasteiger partial charge in [-0.05, 0) is 31.2 Å². The first-order valence-corrected chi connectivity index (χ1v) is 8.80. The molecule has 3 rings (SSSR count). The molecule has 9 heteroatoms. The smallest absolute Gasteiger partial charge is 0.269 e. The minimum Gasteiger partial charge on any atom is -0.494 e. The number of hydrogen-bond acceptors (Lipinski definition) is 5. The Kier molecular flexibility index (Phi) is 5.53. The number of carbonyl (C=O) groups excluding carboxylic acids is 1. The van der Waals surface area contributed by atoms with Crippen LogP contribution in [0.3, 0.4) is 0 Å². The molecule has 3 aromatic rings. The fourth-order valence-corrected chi connectivity index (χ4v) is 3.27. The third-order valence-corrected chi connectivity index (χ3v) is 4.49. The van der Waals surface area contributed by atoms with Gasteiger partial charge >= 0.3 is 0 Å². The number of methoxy groups -OCH3 is 1. The molecule has 0 bridgehead atoms. The average Bonchev–Trinajstić information content (AvgIpc) is 2.66. The van der Waals surface area contributed by atoms with Gasteiger partial charge in [-0.25, -0.2) is 4.98 Å². The Morgan fingerprint density at radius 1 is 1.22 bits per heavy atom. The van der Waals surface area contributed by atoms with E-state index in [9.17, 15) is 9.59 Å². The van der Waals surface area contributed by atoms with Crippen molar-refractivity contribution in [2.75, 3.05) is 12.5 Å². The first-order chi connectivity index (χ1) is 13.0. The van der Waals surface area contributed by atoms with Crippen molar-refractivity contribution in [3.05, 3.63) is 62.4 Å². The number of nitrogens with zero attached hydrogens (tertiary/aromatic N) is 2. The van der Waals surface area contributed by atoms with Crippen LogP contribution in [0.15, 0.2) is 41.2 Å². The average molecular weight is 407 g/mol. The maximum absolute atomic E-state index is 12.6. The van der Waals surface area contributed by atoms with Crippen molar-refractivity contribution < 1.29 is 9.53 Å². The number of anilines is 1. The van der Waals surface area contributed by atoms with Gasteiger partial charge in [0.05, 0.1) is 28.1 Å². The molecule has 0 aliphatic rings. The molecule has 27 heavy (non-hydrogen) atoms. The van der Waals surface area contributed by atoms with E-state index in [-0.39, 0.29) is 27.1 Å². The largest absolute Gasteiger partial charge is 0.494 e. The Labute approximate surface area is 164 Å². The fourth-order valence-electron chi connectivity index (χ4n) is 2.63. The standard InChI is InChI=1S/C18H16Cl2N4O3/c1-3-24-17(26)11-6-4-5-7-14(11)21-18(24)23-22-16(25)10-8-12(19)15(27-2)13(20)9-10/h4-9H,3H2,1-2H3,(H,21,23)(H,22,25). The highest BCUT2D eigenvalue weighted by atomic mass is 35.5. The lowest BCUT2D eigenvalue weighted by Crippen LogP contribution is -2.34. The Bertz CT molecular complexity index is 1060. The van der Waals surface area contributed by atoms with Crippen LogP contribution < -0.4 is 21.1 Å². The molecule has 0 fully saturated rings. The van der Waals surface area contributed by atoms with Crippen molar-refractivity contribution in [1.29, 1.82) is 0 Å². The summed E-state index contributed by atoms with van der Waals surface area (Å²) in [6.45, 7) is 2.20. The van der Waals surface area contributed by atoms with Crippen LogP contribution in [0.4, 0.5) is 5.95 Å². The van der Waals surface area contributed by atoms with Gasteiger partial charge in [0.1, 0.15) is 0 Å². The highest BCUT2D eigenvalue weighted by Gasteiger charge is 2.15. The second kappa shape index (κ2) is 7.85. The summed E-state index contributed by atoms with van der Waals surface area (Å²) in [5, 5.41) is 0.929. The summed E-state index contributed by atoms with van der Waals surface area (Å²) in [4.78, 5) is 29.4. The molecule has 140 valence electrons. The Morgan fingerprint density at radius 3 is 2.52 bits per heavy atom. The number of carbonyl (C=O) groups is 1. The molecule has 2 aromatic carbocycles. The van der Waals surface area contributed by atoms with Gasteiger partial charge in [-0.3, -0.25) is 25.0 Å². The van der Waals surface area contributed by atoms with Crippen molar-refractivity contribution in [2.24, 2.45) is 0 Å². The van der Waals surface area contributed by atoms with E-state index in [1.54, 1.807) is 24.3 Å². The first kappa shape index (κ1) is 19.0. The van der Waals surface area contributed by atoms with Gasteiger partial charge in [0.2, 0.25) is 5.95 Å². The Balaban J connectivity index is 1.89. The number of hydrazine groups is 1. The van der Waals surface area contributed by atoms with E-state index in [0.717, 1.165) is 0 Å². The lowest BCUT2D eigenvalue weighted by Gasteiger charge is -2.14. The Morgan fingerprint density at radius 2 is 1.89 bits per heavy atom. The highest BCUT2D eigenvalue weighted by Crippen LogP contribution is 2.33. The van der Waals surface area contributed by atoms with Gasteiger partial charge in [-0.1, -0.05) is 35.3 Å². The fraction of sp³-hybridized carbons (Fsp3) is 0.167. The SMILES string of the molecule is CCn1c(NNC(=O)c2cc(Cl)c(OC)c(Cl)c2)nc2ccccc2c1=O. The van der Waals surface area contributed by atoms with Gasteiger partial charge in [-0.2, -0.15) is 0 Å². The highest BCUT2D eigenvalue weighted by molar-refractivity contribution is 6.37. The number of halogens is 2. The molecule has 0 saturated carbocycles. The van der Waals surface area contributed by atoms with Crippen LogP contribution in [0, 0.1) is 0 Å². The lowest BCUT2D eigenvalue weighted by atomic mass is 10.2. The number of rotatable bonds is 5. The quantitative estimate of drug-likeness (QED) is 0.633. The van der Waals surface area contributed by atoms with E-state index < -0.39 is 5.91 Å². The molecule has 7 nitrogen and oxygen atoms in total. The zero-order valence-electron chi connectivity index (χ0n) is 14.5. The summed E-state index contributed by atoms with van der Waals surface area (Å²) in [5.41, 5.74) is 5.76. The van der Waals surface area contributed by atoms with E-state index in [1.165, 1.54) is 23.8 Å². The summed E-state index contributed by atoms with van der Waals surface area (Å²) in [5.74, 6) is 0.0191. The predicted octanol–water partition coefficient (Wildman–Crippen LogP) is 3.49. The maximum atomic E-state index is 12.6. The molecule has 0 aliphatic heterocycles. The van der Waals surface area contributed by atoms with E-state index in [0.29, 0.717) is 23.2 Å². The molecule has 0 aliphatic carbocycles. The molecule has 1 amide bonds. The molecule has 1 heterocycles. The minimum atomic E-state index is -0.494. The number of nitrogens with one attached hydrogen (secondary N) is 2. The third-order valence-electron chi connectivity index (χ3n) is 3.93. The normalized spacial score (nSPS) is 10.7. The summed E-state index contributed by atoms with van der Waals surface area (Å²) in [6.07, 6.45) is 0. The van der Waals surface area contributed by atoms with Gasteiger partial charge in [-0.15, -0.1) is 0 Å². The van der Waals surface area contributed by atoms with Crippen molar-refractivity contribution in [2.45, 2.75) is 13.5 Å². The number of amides is 1. The molecule has 0 spiro atoms. The van der Waals surface area contributed by atoms with Crippen molar-refractivity contribution in [1.82, 2.24) is 15.0 Å². The summed E-state index contributed by atoms with van der Waals surface area (Å²) < 4.78 is 6.49. The molecule has 2 N–H and O–H groups in total. The maximum Gasteiger partial charge on any atom is 0.269 e. The molecular weight excluding hydrogens is 391 g/mol. The molecule has 0 radical (unpaired) electrons. The van der Waals surface area contributed by atoms with Crippen molar-refractivity contribution >= 4 is 46.0 Å². The van der Waals surface area contributed by atoms with Crippen LogP contribution in [0.2, 0.25) is 10.0 Å². The predicted molar refractivity (Wildman–Crippen MR) is 106 cm³/mol. The monoisotopic (exact) mass is 406 g/mol. The molecular formula is C18H16Cl2N4O3. The van der Waals surface area contributed by atoms with Crippen LogP contribution in [-0.4, -0.2) is 22.6 Å². The van der Waals surface area contributed by atoms with Gasteiger partial charge in [0, 0.05) is 12.1 Å². The number of ether oxygens (including phenoxy) is 1. The van der Waals surface area contributed by atoms with E-state index in [4.69, 9.17) is 27.9 Å². The first-order valence-electron chi connectivity index (χ1n) is 8.05. The van der Waals surface area contributed by atoms with E-state index in [1.807, 2.05) is 6.92 Å². The van der Waals surface area contributed by atoms with Gasteiger partial charge < -0.3 is 4.74 Å². The van der Waals surface area contributed by atoms with Crippen molar-refractivity contribution in [3.8, 4) is 5.75 Å². The minimum absolute atomic E-state index is 0.199. The molecule has 1 aromatic heterocycles.